The molecule has 0 bridgehead atoms. The summed E-state index contributed by atoms with van der Waals surface area (Å²) in [5.41, 5.74) is 1.76. The number of methoxy groups -OCH3 is 1. The predicted molar refractivity (Wildman–Crippen MR) is 52.2 cm³/mol. The molecule has 0 spiro atoms. The number of fused-ring (bicyclic) bond motifs is 1. The molecule has 0 unspecified atom stereocenters. The van der Waals surface area contributed by atoms with Crippen molar-refractivity contribution in [1.82, 2.24) is 10.2 Å². The number of alkyl halides is 1. The van der Waals surface area contributed by atoms with Crippen molar-refractivity contribution in [2.24, 2.45) is 0 Å². The van der Waals surface area contributed by atoms with Crippen molar-refractivity contribution in [3.8, 4) is 5.75 Å². The maximum absolute atomic E-state index is 5.73. The Morgan fingerprint density at radius 1 is 1.54 bits per heavy atom. The number of aromatic nitrogens is 2. The van der Waals surface area contributed by atoms with Gasteiger partial charge in [-0.2, -0.15) is 5.10 Å². The Labute approximate surface area is 80.7 Å². The molecule has 1 aromatic carbocycles. The minimum absolute atomic E-state index is 0.434. The highest BCUT2D eigenvalue weighted by Crippen LogP contribution is 2.25. The lowest BCUT2D eigenvalue weighted by molar-refractivity contribution is 0.419. The van der Waals surface area contributed by atoms with Gasteiger partial charge in [0, 0.05) is 5.39 Å². The Morgan fingerprint density at radius 3 is 3.08 bits per heavy atom. The second-order valence-electron chi connectivity index (χ2n) is 2.69. The largest absolute Gasteiger partial charge is 0.494 e. The van der Waals surface area contributed by atoms with Crippen LogP contribution in [0.1, 0.15) is 5.69 Å². The van der Waals surface area contributed by atoms with E-state index in [0.29, 0.717) is 5.88 Å². The van der Waals surface area contributed by atoms with Gasteiger partial charge in [0.05, 0.1) is 18.7 Å². The Morgan fingerprint density at radius 2 is 2.38 bits per heavy atom. The minimum atomic E-state index is 0.434. The zero-order valence-corrected chi connectivity index (χ0v) is 7.93. The summed E-state index contributed by atoms with van der Waals surface area (Å²) < 4.78 is 5.16. The van der Waals surface area contributed by atoms with Crippen LogP contribution in [-0.4, -0.2) is 17.3 Å². The number of nitrogens with zero attached hydrogens (tertiary/aromatic N) is 1. The zero-order chi connectivity index (χ0) is 9.26. The van der Waals surface area contributed by atoms with Crippen LogP contribution in [-0.2, 0) is 5.88 Å². The molecule has 13 heavy (non-hydrogen) atoms. The van der Waals surface area contributed by atoms with Crippen molar-refractivity contribution in [2.45, 2.75) is 5.88 Å². The summed E-state index contributed by atoms with van der Waals surface area (Å²) in [5.74, 6) is 1.20. The molecule has 68 valence electrons. The number of ether oxygens (including phenoxy) is 1. The standard InChI is InChI=1S/C9H9ClN2O/c1-13-8-4-2-3-6-7(5-10)11-12-9(6)8/h2-4H,5H2,1H3,(H,11,12). The molecule has 1 heterocycles. The number of halogens is 1. The highest BCUT2D eigenvalue weighted by molar-refractivity contribution is 6.17. The van der Waals surface area contributed by atoms with Gasteiger partial charge in [-0.25, -0.2) is 0 Å². The van der Waals surface area contributed by atoms with Crippen LogP contribution >= 0.6 is 11.6 Å². The fraction of sp³-hybridized carbons (Fsp3) is 0.222. The molecule has 0 amide bonds. The number of rotatable bonds is 2. The molecule has 0 aliphatic heterocycles. The lowest BCUT2D eigenvalue weighted by atomic mass is 10.2. The molecular formula is C9H9ClN2O. The smallest absolute Gasteiger partial charge is 0.146 e. The van der Waals surface area contributed by atoms with Gasteiger partial charge >= 0.3 is 0 Å². The summed E-state index contributed by atoms with van der Waals surface area (Å²) >= 11 is 5.73. The molecular weight excluding hydrogens is 188 g/mol. The summed E-state index contributed by atoms with van der Waals surface area (Å²) in [6.07, 6.45) is 0. The van der Waals surface area contributed by atoms with Gasteiger partial charge in [0.1, 0.15) is 11.3 Å². The molecule has 2 rings (SSSR count). The van der Waals surface area contributed by atoms with E-state index in [1.807, 2.05) is 18.2 Å². The van der Waals surface area contributed by atoms with Crippen molar-refractivity contribution >= 4 is 22.5 Å². The van der Waals surface area contributed by atoms with Crippen LogP contribution in [0.2, 0.25) is 0 Å². The van der Waals surface area contributed by atoms with Crippen LogP contribution in [0.15, 0.2) is 18.2 Å². The third-order valence-corrected chi connectivity index (χ3v) is 2.25. The van der Waals surface area contributed by atoms with E-state index in [-0.39, 0.29) is 0 Å². The van der Waals surface area contributed by atoms with Crippen molar-refractivity contribution in [1.29, 1.82) is 0 Å². The molecule has 0 atom stereocenters. The summed E-state index contributed by atoms with van der Waals surface area (Å²) in [6, 6.07) is 5.77. The van der Waals surface area contributed by atoms with E-state index in [0.717, 1.165) is 22.3 Å². The third kappa shape index (κ3) is 1.25. The van der Waals surface area contributed by atoms with Crippen LogP contribution in [0.25, 0.3) is 10.9 Å². The Balaban J connectivity index is 2.72. The van der Waals surface area contributed by atoms with Gasteiger partial charge in [-0.15, -0.1) is 11.6 Å². The van der Waals surface area contributed by atoms with Gasteiger partial charge < -0.3 is 4.74 Å². The normalized spacial score (nSPS) is 10.6. The van der Waals surface area contributed by atoms with Crippen LogP contribution in [0, 0.1) is 0 Å². The lowest BCUT2D eigenvalue weighted by Crippen LogP contribution is -1.83. The third-order valence-electron chi connectivity index (χ3n) is 1.98. The van der Waals surface area contributed by atoms with Crippen LogP contribution in [0.5, 0.6) is 5.75 Å². The first-order valence-electron chi connectivity index (χ1n) is 3.92. The molecule has 3 nitrogen and oxygen atoms in total. The number of aromatic amines is 1. The molecule has 1 aromatic heterocycles. The fourth-order valence-electron chi connectivity index (χ4n) is 1.33. The van der Waals surface area contributed by atoms with Gasteiger partial charge in [0.2, 0.25) is 0 Å². The van der Waals surface area contributed by atoms with E-state index in [9.17, 15) is 0 Å². The molecule has 0 saturated carbocycles. The second-order valence-corrected chi connectivity index (χ2v) is 2.96. The highest BCUT2D eigenvalue weighted by atomic mass is 35.5. The molecule has 1 N–H and O–H groups in total. The van der Waals surface area contributed by atoms with Gasteiger partial charge in [0.15, 0.2) is 0 Å². The Hall–Kier alpha value is -1.22. The average molecular weight is 197 g/mol. The van der Waals surface area contributed by atoms with Crippen LogP contribution < -0.4 is 4.74 Å². The number of benzene rings is 1. The Bertz CT molecular complexity index is 424. The summed E-state index contributed by atoms with van der Waals surface area (Å²) in [6.45, 7) is 0. The maximum Gasteiger partial charge on any atom is 0.146 e. The van der Waals surface area contributed by atoms with Gasteiger partial charge in [-0.3, -0.25) is 5.10 Å². The number of H-pyrrole nitrogens is 1. The van der Waals surface area contributed by atoms with E-state index in [2.05, 4.69) is 10.2 Å². The first kappa shape index (κ1) is 8.38. The molecule has 4 heteroatoms. The van der Waals surface area contributed by atoms with Crippen molar-refractivity contribution in [2.75, 3.05) is 7.11 Å². The van der Waals surface area contributed by atoms with Crippen molar-refractivity contribution in [3.05, 3.63) is 23.9 Å². The SMILES string of the molecule is COc1cccc2c(CCl)[nH]nc12. The van der Waals surface area contributed by atoms with Crippen LogP contribution in [0.4, 0.5) is 0 Å². The molecule has 2 aromatic rings. The maximum atomic E-state index is 5.73. The molecule has 0 saturated heterocycles. The van der Waals surface area contributed by atoms with Gasteiger partial charge in [0.25, 0.3) is 0 Å². The number of hydrogen-bond donors (Lipinski definition) is 1. The van der Waals surface area contributed by atoms with E-state index in [4.69, 9.17) is 16.3 Å². The van der Waals surface area contributed by atoms with Gasteiger partial charge in [-0.05, 0) is 6.07 Å². The topological polar surface area (TPSA) is 37.9 Å². The number of para-hydroxylation sites is 1. The quantitative estimate of drug-likeness (QED) is 0.749. The van der Waals surface area contributed by atoms with E-state index in [1.54, 1.807) is 7.11 Å². The summed E-state index contributed by atoms with van der Waals surface area (Å²) in [5, 5.41) is 8.02. The highest BCUT2D eigenvalue weighted by Gasteiger charge is 2.07. The second kappa shape index (κ2) is 3.26. The molecule has 0 aliphatic rings. The summed E-state index contributed by atoms with van der Waals surface area (Å²) in [7, 11) is 1.63. The minimum Gasteiger partial charge on any atom is -0.494 e. The number of nitrogens with one attached hydrogen (secondary N) is 1. The monoisotopic (exact) mass is 196 g/mol. The van der Waals surface area contributed by atoms with Crippen molar-refractivity contribution in [3.63, 3.8) is 0 Å². The average Bonchev–Trinajstić information content (AvgIpc) is 2.60. The van der Waals surface area contributed by atoms with E-state index >= 15 is 0 Å². The first-order valence-corrected chi connectivity index (χ1v) is 4.46. The van der Waals surface area contributed by atoms with Crippen LogP contribution in [0.3, 0.4) is 0 Å². The molecule has 0 radical (unpaired) electrons. The summed E-state index contributed by atoms with van der Waals surface area (Å²) in [4.78, 5) is 0. The van der Waals surface area contributed by atoms with E-state index in [1.165, 1.54) is 0 Å². The van der Waals surface area contributed by atoms with Gasteiger partial charge in [-0.1, -0.05) is 12.1 Å². The fourth-order valence-corrected chi connectivity index (χ4v) is 1.54. The molecule has 0 fully saturated rings. The number of hydrogen-bond acceptors (Lipinski definition) is 2. The predicted octanol–water partition coefficient (Wildman–Crippen LogP) is 2.31. The zero-order valence-electron chi connectivity index (χ0n) is 7.17. The Kier molecular flexibility index (Phi) is 2.10. The van der Waals surface area contributed by atoms with E-state index < -0.39 is 0 Å². The lowest BCUT2D eigenvalue weighted by Gasteiger charge is -1.98. The van der Waals surface area contributed by atoms with Crippen molar-refractivity contribution < 1.29 is 4.74 Å². The molecule has 0 aliphatic carbocycles. The first-order chi connectivity index (χ1) is 6.36.